The molecule has 160 valence electrons. The minimum atomic E-state index is -3.38. The Hall–Kier alpha value is -3.23. The first-order valence-corrected chi connectivity index (χ1v) is 11.7. The summed E-state index contributed by atoms with van der Waals surface area (Å²) in [6.45, 7) is 0. The van der Waals surface area contributed by atoms with Gasteiger partial charge < -0.3 is 15.4 Å². The molecular weight excluding hydrogens is 436 g/mol. The predicted molar refractivity (Wildman–Crippen MR) is 129 cm³/mol. The Labute approximate surface area is 185 Å². The summed E-state index contributed by atoms with van der Waals surface area (Å²) in [4.78, 5) is 4.77. The number of hydrogen-bond acceptors (Lipinski definition) is 6. The Balaban J connectivity index is 1.91. The van der Waals surface area contributed by atoms with E-state index in [1.807, 2.05) is 42.5 Å². The number of rotatable bonds is 6. The molecule has 0 radical (unpaired) electrons. The fraction of sp³-hybridized carbons (Fsp3) is 0.136. The number of aromatic nitrogens is 1. The number of pyridine rings is 1. The van der Waals surface area contributed by atoms with Gasteiger partial charge in [-0.2, -0.15) is 0 Å². The standard InChI is InChI=1S/C22H21ClN4O3S/c1-24-19-12-14(27-31(3,28)29)8-10-17(19)25-21-15-9-7-13(23)11-18(15)26-22-16(21)5-4-6-20(22)30-2/h4-12,24,27H,1-3H3,(H,25,26). The molecule has 4 aromatic rings. The number of anilines is 4. The third-order valence-corrected chi connectivity index (χ3v) is 5.64. The second-order valence-corrected chi connectivity index (χ2v) is 9.20. The van der Waals surface area contributed by atoms with Gasteiger partial charge in [-0.1, -0.05) is 23.7 Å². The fourth-order valence-corrected chi connectivity index (χ4v) is 4.21. The molecule has 31 heavy (non-hydrogen) atoms. The van der Waals surface area contributed by atoms with Crippen molar-refractivity contribution in [3.63, 3.8) is 0 Å². The highest BCUT2D eigenvalue weighted by atomic mass is 35.5. The van der Waals surface area contributed by atoms with Crippen molar-refractivity contribution in [3.8, 4) is 5.75 Å². The van der Waals surface area contributed by atoms with Crippen molar-refractivity contribution in [1.29, 1.82) is 0 Å². The van der Waals surface area contributed by atoms with E-state index < -0.39 is 10.0 Å². The van der Waals surface area contributed by atoms with Crippen molar-refractivity contribution in [2.75, 3.05) is 35.8 Å². The summed E-state index contributed by atoms with van der Waals surface area (Å²) in [5, 5.41) is 8.97. The number of hydrogen-bond donors (Lipinski definition) is 3. The van der Waals surface area contributed by atoms with E-state index in [1.54, 1.807) is 26.3 Å². The number of nitrogens with one attached hydrogen (secondary N) is 3. The van der Waals surface area contributed by atoms with Crippen LogP contribution in [0, 0.1) is 0 Å². The molecular formula is C22H21ClN4O3S. The Kier molecular flexibility index (Phi) is 5.51. The van der Waals surface area contributed by atoms with Gasteiger partial charge in [0.25, 0.3) is 0 Å². The van der Waals surface area contributed by atoms with Gasteiger partial charge in [0.1, 0.15) is 11.3 Å². The van der Waals surface area contributed by atoms with E-state index in [4.69, 9.17) is 21.3 Å². The van der Waals surface area contributed by atoms with Gasteiger partial charge in [-0.25, -0.2) is 13.4 Å². The van der Waals surface area contributed by atoms with Crippen LogP contribution in [0.2, 0.25) is 5.02 Å². The van der Waals surface area contributed by atoms with Crippen LogP contribution >= 0.6 is 11.6 Å². The van der Waals surface area contributed by atoms with Crippen LogP contribution in [-0.4, -0.2) is 33.8 Å². The molecule has 0 spiro atoms. The quantitative estimate of drug-likeness (QED) is 0.345. The van der Waals surface area contributed by atoms with E-state index in [0.717, 1.165) is 39.6 Å². The number of methoxy groups -OCH3 is 1. The second-order valence-electron chi connectivity index (χ2n) is 7.01. The van der Waals surface area contributed by atoms with Gasteiger partial charge in [0.2, 0.25) is 10.0 Å². The zero-order valence-corrected chi connectivity index (χ0v) is 18.7. The van der Waals surface area contributed by atoms with Crippen LogP contribution in [0.1, 0.15) is 0 Å². The van der Waals surface area contributed by atoms with E-state index in [2.05, 4.69) is 15.4 Å². The smallest absolute Gasteiger partial charge is 0.229 e. The average molecular weight is 457 g/mol. The second kappa shape index (κ2) is 8.13. The normalized spacial score (nSPS) is 11.5. The first-order valence-electron chi connectivity index (χ1n) is 9.41. The summed E-state index contributed by atoms with van der Waals surface area (Å²) in [7, 11) is 0.00742. The summed E-state index contributed by atoms with van der Waals surface area (Å²) >= 11 is 6.22. The molecule has 0 aliphatic rings. The molecule has 1 heterocycles. The monoisotopic (exact) mass is 456 g/mol. The van der Waals surface area contributed by atoms with E-state index in [-0.39, 0.29) is 0 Å². The molecule has 0 amide bonds. The third kappa shape index (κ3) is 4.30. The molecule has 0 aliphatic heterocycles. The summed E-state index contributed by atoms with van der Waals surface area (Å²) in [6, 6.07) is 16.5. The maximum Gasteiger partial charge on any atom is 0.229 e. The SMILES string of the molecule is CNc1cc(NS(C)(=O)=O)ccc1Nc1c2ccc(Cl)cc2nc2c(OC)cccc12. The van der Waals surface area contributed by atoms with Gasteiger partial charge in [0, 0.05) is 22.8 Å². The molecule has 7 nitrogen and oxygen atoms in total. The zero-order chi connectivity index (χ0) is 22.2. The maximum absolute atomic E-state index is 11.6. The molecule has 0 atom stereocenters. The number of nitrogens with zero attached hydrogens (tertiary/aromatic N) is 1. The Morgan fingerprint density at radius 1 is 1.00 bits per heavy atom. The van der Waals surface area contributed by atoms with Crippen LogP contribution in [-0.2, 0) is 10.0 Å². The largest absolute Gasteiger partial charge is 0.494 e. The molecule has 3 aromatic carbocycles. The average Bonchev–Trinajstić information content (AvgIpc) is 2.72. The van der Waals surface area contributed by atoms with Crippen LogP contribution in [0.15, 0.2) is 54.6 Å². The van der Waals surface area contributed by atoms with Crippen LogP contribution in [0.3, 0.4) is 0 Å². The number of para-hydroxylation sites is 1. The lowest BCUT2D eigenvalue weighted by Gasteiger charge is -2.18. The third-order valence-electron chi connectivity index (χ3n) is 4.80. The topological polar surface area (TPSA) is 92.3 Å². The Morgan fingerprint density at radius 3 is 2.52 bits per heavy atom. The molecule has 0 bridgehead atoms. The van der Waals surface area contributed by atoms with E-state index in [0.29, 0.717) is 22.0 Å². The molecule has 0 unspecified atom stereocenters. The summed E-state index contributed by atoms with van der Waals surface area (Å²) in [6.07, 6.45) is 1.12. The predicted octanol–water partition coefficient (Wildman–Crippen LogP) is 5.21. The lowest BCUT2D eigenvalue weighted by Crippen LogP contribution is -2.10. The molecule has 0 aliphatic carbocycles. The summed E-state index contributed by atoms with van der Waals surface area (Å²) < 4.78 is 31.2. The first-order chi connectivity index (χ1) is 14.8. The summed E-state index contributed by atoms with van der Waals surface area (Å²) in [5.41, 5.74) is 4.25. The van der Waals surface area contributed by atoms with Gasteiger partial charge in [-0.3, -0.25) is 4.72 Å². The molecule has 1 aromatic heterocycles. The highest BCUT2D eigenvalue weighted by Gasteiger charge is 2.15. The van der Waals surface area contributed by atoms with Gasteiger partial charge in [0.15, 0.2) is 0 Å². The Morgan fingerprint density at radius 2 is 1.81 bits per heavy atom. The van der Waals surface area contributed by atoms with E-state index in [1.165, 1.54) is 0 Å². The van der Waals surface area contributed by atoms with Gasteiger partial charge in [0.05, 0.1) is 41.6 Å². The number of ether oxygens (including phenoxy) is 1. The lowest BCUT2D eigenvalue weighted by molar-refractivity contribution is 0.419. The van der Waals surface area contributed by atoms with Gasteiger partial charge >= 0.3 is 0 Å². The molecule has 0 saturated carbocycles. The number of sulfonamides is 1. The number of fused-ring (bicyclic) bond motifs is 2. The summed E-state index contributed by atoms with van der Waals surface area (Å²) in [5.74, 6) is 0.656. The molecule has 3 N–H and O–H groups in total. The van der Waals surface area contributed by atoms with E-state index in [9.17, 15) is 8.42 Å². The maximum atomic E-state index is 11.6. The van der Waals surface area contributed by atoms with Crippen molar-refractivity contribution in [2.45, 2.75) is 0 Å². The van der Waals surface area contributed by atoms with Crippen molar-refractivity contribution >= 4 is 66.2 Å². The van der Waals surface area contributed by atoms with Crippen molar-refractivity contribution < 1.29 is 13.2 Å². The lowest BCUT2D eigenvalue weighted by atomic mass is 10.1. The van der Waals surface area contributed by atoms with Crippen LogP contribution in [0.25, 0.3) is 21.8 Å². The highest BCUT2D eigenvalue weighted by Crippen LogP contribution is 2.39. The minimum Gasteiger partial charge on any atom is -0.494 e. The van der Waals surface area contributed by atoms with E-state index >= 15 is 0 Å². The van der Waals surface area contributed by atoms with Gasteiger partial charge in [-0.05, 0) is 42.5 Å². The minimum absolute atomic E-state index is 0.468. The fourth-order valence-electron chi connectivity index (χ4n) is 3.49. The molecule has 9 heteroatoms. The highest BCUT2D eigenvalue weighted by molar-refractivity contribution is 7.92. The first kappa shape index (κ1) is 21.0. The van der Waals surface area contributed by atoms with Crippen LogP contribution in [0.5, 0.6) is 5.75 Å². The van der Waals surface area contributed by atoms with Crippen molar-refractivity contribution in [2.24, 2.45) is 0 Å². The van der Waals surface area contributed by atoms with Crippen LogP contribution < -0.4 is 20.1 Å². The molecule has 0 fully saturated rings. The van der Waals surface area contributed by atoms with Crippen LogP contribution in [0.4, 0.5) is 22.7 Å². The van der Waals surface area contributed by atoms with Crippen molar-refractivity contribution in [1.82, 2.24) is 4.98 Å². The van der Waals surface area contributed by atoms with Gasteiger partial charge in [-0.15, -0.1) is 0 Å². The van der Waals surface area contributed by atoms with Crippen molar-refractivity contribution in [3.05, 3.63) is 59.6 Å². The zero-order valence-electron chi connectivity index (χ0n) is 17.2. The molecule has 0 saturated heterocycles. The number of halogens is 1. The Bertz CT molecular complexity index is 1410. The molecule has 4 rings (SSSR count). The number of benzene rings is 3.